The SMILES string of the molecule is O=c1ccc(Cc2ccc(Cn3cc4c(NCC5CC5)ncnc4n3)cc2)c(Cl)[nH]1. The lowest BCUT2D eigenvalue weighted by Crippen LogP contribution is -2.05. The third-order valence-electron chi connectivity index (χ3n) is 5.33. The summed E-state index contributed by atoms with van der Waals surface area (Å²) in [7, 11) is 0. The van der Waals surface area contributed by atoms with Crippen LogP contribution in [0.15, 0.2) is 53.7 Å². The molecule has 0 unspecified atom stereocenters. The topological polar surface area (TPSA) is 88.5 Å². The van der Waals surface area contributed by atoms with E-state index in [4.69, 9.17) is 11.6 Å². The number of rotatable bonds is 7. The van der Waals surface area contributed by atoms with Crippen LogP contribution in [-0.2, 0) is 13.0 Å². The van der Waals surface area contributed by atoms with Crippen LogP contribution in [0.2, 0.25) is 5.15 Å². The second kappa shape index (κ2) is 7.91. The number of nitrogens with zero attached hydrogens (tertiary/aromatic N) is 4. The molecule has 152 valence electrons. The Morgan fingerprint density at radius 1 is 1.10 bits per heavy atom. The van der Waals surface area contributed by atoms with Gasteiger partial charge in [-0.15, -0.1) is 0 Å². The van der Waals surface area contributed by atoms with Gasteiger partial charge in [0.1, 0.15) is 17.3 Å². The van der Waals surface area contributed by atoms with Crippen molar-refractivity contribution in [3.05, 3.63) is 81.1 Å². The first kappa shape index (κ1) is 18.8. The molecule has 30 heavy (non-hydrogen) atoms. The van der Waals surface area contributed by atoms with Gasteiger partial charge in [-0.05, 0) is 35.4 Å². The minimum Gasteiger partial charge on any atom is -0.369 e. The van der Waals surface area contributed by atoms with Crippen molar-refractivity contribution in [3.8, 4) is 0 Å². The van der Waals surface area contributed by atoms with E-state index in [0.717, 1.165) is 40.4 Å². The van der Waals surface area contributed by atoms with Crippen molar-refractivity contribution < 1.29 is 0 Å². The van der Waals surface area contributed by atoms with Crippen molar-refractivity contribution in [2.45, 2.75) is 25.8 Å². The van der Waals surface area contributed by atoms with Gasteiger partial charge in [0, 0.05) is 25.2 Å². The Morgan fingerprint density at radius 2 is 1.90 bits per heavy atom. The highest BCUT2D eigenvalue weighted by Gasteiger charge is 2.21. The molecule has 4 aromatic rings. The van der Waals surface area contributed by atoms with Crippen LogP contribution in [0, 0.1) is 5.92 Å². The van der Waals surface area contributed by atoms with E-state index >= 15 is 0 Å². The summed E-state index contributed by atoms with van der Waals surface area (Å²) in [6, 6.07) is 11.6. The van der Waals surface area contributed by atoms with Gasteiger partial charge in [-0.3, -0.25) is 9.48 Å². The molecule has 1 aromatic carbocycles. The number of pyridine rings is 1. The number of hydrogen-bond donors (Lipinski definition) is 2. The number of fused-ring (bicyclic) bond motifs is 1. The van der Waals surface area contributed by atoms with Gasteiger partial charge in [0.2, 0.25) is 5.56 Å². The first-order valence-corrected chi connectivity index (χ1v) is 10.4. The monoisotopic (exact) mass is 420 g/mol. The van der Waals surface area contributed by atoms with E-state index in [2.05, 4.69) is 49.6 Å². The number of aromatic amines is 1. The number of anilines is 1. The molecule has 1 aliphatic carbocycles. The van der Waals surface area contributed by atoms with Gasteiger partial charge >= 0.3 is 0 Å². The fourth-order valence-electron chi connectivity index (χ4n) is 3.45. The molecule has 0 bridgehead atoms. The lowest BCUT2D eigenvalue weighted by Gasteiger charge is -2.06. The summed E-state index contributed by atoms with van der Waals surface area (Å²) in [6.45, 7) is 1.61. The van der Waals surface area contributed by atoms with Crippen molar-refractivity contribution in [2.24, 2.45) is 5.92 Å². The summed E-state index contributed by atoms with van der Waals surface area (Å²) in [5.41, 5.74) is 3.66. The second-order valence-electron chi connectivity index (χ2n) is 7.77. The summed E-state index contributed by atoms with van der Waals surface area (Å²) in [6.07, 6.45) is 6.81. The van der Waals surface area contributed by atoms with Crippen molar-refractivity contribution in [1.82, 2.24) is 24.7 Å². The Morgan fingerprint density at radius 3 is 2.67 bits per heavy atom. The van der Waals surface area contributed by atoms with Crippen LogP contribution in [-0.4, -0.2) is 31.3 Å². The van der Waals surface area contributed by atoms with Gasteiger partial charge in [-0.1, -0.05) is 41.9 Å². The Hall–Kier alpha value is -3.19. The molecule has 1 aliphatic rings. The molecule has 8 heteroatoms. The highest BCUT2D eigenvalue weighted by molar-refractivity contribution is 6.30. The van der Waals surface area contributed by atoms with Crippen molar-refractivity contribution >= 4 is 28.5 Å². The lowest BCUT2D eigenvalue weighted by atomic mass is 10.0. The zero-order chi connectivity index (χ0) is 20.5. The van der Waals surface area contributed by atoms with Crippen LogP contribution in [0.4, 0.5) is 5.82 Å². The minimum absolute atomic E-state index is 0.193. The molecule has 0 aliphatic heterocycles. The van der Waals surface area contributed by atoms with Crippen LogP contribution >= 0.6 is 11.6 Å². The maximum atomic E-state index is 11.3. The van der Waals surface area contributed by atoms with Crippen molar-refractivity contribution in [3.63, 3.8) is 0 Å². The van der Waals surface area contributed by atoms with Crippen LogP contribution in [0.5, 0.6) is 0 Å². The van der Waals surface area contributed by atoms with E-state index in [-0.39, 0.29) is 5.56 Å². The van der Waals surface area contributed by atoms with Crippen LogP contribution < -0.4 is 10.9 Å². The third kappa shape index (κ3) is 4.21. The molecule has 3 heterocycles. The Kier molecular flexibility index (Phi) is 4.96. The number of H-pyrrole nitrogens is 1. The molecular formula is C22H21ClN6O. The van der Waals surface area contributed by atoms with Gasteiger partial charge in [-0.2, -0.15) is 5.10 Å². The summed E-state index contributed by atoms with van der Waals surface area (Å²) in [5.74, 6) is 1.63. The molecular weight excluding hydrogens is 400 g/mol. The molecule has 2 N–H and O–H groups in total. The normalized spacial score (nSPS) is 13.6. The van der Waals surface area contributed by atoms with Crippen LogP contribution in [0.1, 0.15) is 29.5 Å². The Balaban J connectivity index is 1.30. The maximum Gasteiger partial charge on any atom is 0.249 e. The predicted octanol–water partition coefficient (Wildman–Crippen LogP) is 3.63. The quantitative estimate of drug-likeness (QED) is 0.446. The highest BCUT2D eigenvalue weighted by Crippen LogP contribution is 2.29. The lowest BCUT2D eigenvalue weighted by molar-refractivity contribution is 0.693. The Bertz CT molecular complexity index is 1240. The second-order valence-corrected chi connectivity index (χ2v) is 8.14. The standard InChI is InChI=1S/C22H21ClN6O/c23-20-17(7-8-19(30)27-20)9-14-1-5-16(6-2-14)11-29-12-18-21(24-10-15-3-4-15)25-13-26-22(18)28-29/h1-2,5-8,12-13,15H,3-4,9-11H2,(H,27,30)(H,24,25,26,28). The summed E-state index contributed by atoms with van der Waals surface area (Å²) >= 11 is 6.13. The van der Waals surface area contributed by atoms with Gasteiger partial charge in [0.15, 0.2) is 5.65 Å². The van der Waals surface area contributed by atoms with E-state index in [1.54, 1.807) is 12.4 Å². The molecule has 1 fully saturated rings. The van der Waals surface area contributed by atoms with Crippen molar-refractivity contribution in [2.75, 3.05) is 11.9 Å². The number of hydrogen-bond acceptors (Lipinski definition) is 5. The summed E-state index contributed by atoms with van der Waals surface area (Å²) in [4.78, 5) is 22.6. The summed E-state index contributed by atoms with van der Waals surface area (Å²) < 4.78 is 1.90. The summed E-state index contributed by atoms with van der Waals surface area (Å²) in [5, 5.41) is 9.36. The largest absolute Gasteiger partial charge is 0.369 e. The zero-order valence-electron chi connectivity index (χ0n) is 16.3. The molecule has 0 spiro atoms. The number of nitrogens with one attached hydrogen (secondary N) is 2. The molecule has 0 saturated heterocycles. The molecule has 7 nitrogen and oxygen atoms in total. The predicted molar refractivity (Wildman–Crippen MR) is 117 cm³/mol. The number of benzene rings is 1. The van der Waals surface area contributed by atoms with E-state index in [0.29, 0.717) is 23.8 Å². The third-order valence-corrected chi connectivity index (χ3v) is 5.67. The van der Waals surface area contributed by atoms with E-state index < -0.39 is 0 Å². The molecule has 0 radical (unpaired) electrons. The van der Waals surface area contributed by atoms with E-state index in [1.807, 2.05) is 10.9 Å². The van der Waals surface area contributed by atoms with Crippen LogP contribution in [0.3, 0.4) is 0 Å². The molecule has 3 aromatic heterocycles. The Labute approximate surface area is 178 Å². The van der Waals surface area contributed by atoms with Crippen molar-refractivity contribution in [1.29, 1.82) is 0 Å². The minimum atomic E-state index is -0.193. The first-order valence-electron chi connectivity index (χ1n) is 10.0. The van der Waals surface area contributed by atoms with Crippen LogP contribution in [0.25, 0.3) is 11.0 Å². The fraction of sp³-hybridized carbons (Fsp3) is 0.273. The van der Waals surface area contributed by atoms with Gasteiger partial charge in [0.25, 0.3) is 0 Å². The molecule has 5 rings (SSSR count). The highest BCUT2D eigenvalue weighted by atomic mass is 35.5. The number of halogens is 1. The van der Waals surface area contributed by atoms with Gasteiger partial charge in [-0.25, -0.2) is 9.97 Å². The first-order chi connectivity index (χ1) is 14.6. The van der Waals surface area contributed by atoms with E-state index in [9.17, 15) is 4.79 Å². The molecule has 1 saturated carbocycles. The molecule has 0 amide bonds. The van der Waals surface area contributed by atoms with E-state index in [1.165, 1.54) is 18.9 Å². The van der Waals surface area contributed by atoms with Gasteiger partial charge in [0.05, 0.1) is 11.9 Å². The average Bonchev–Trinajstić information content (AvgIpc) is 3.47. The zero-order valence-corrected chi connectivity index (χ0v) is 17.1. The number of aromatic nitrogens is 5. The van der Waals surface area contributed by atoms with Gasteiger partial charge < -0.3 is 10.3 Å². The molecule has 0 atom stereocenters. The fourth-order valence-corrected chi connectivity index (χ4v) is 3.68. The maximum absolute atomic E-state index is 11.3. The smallest absolute Gasteiger partial charge is 0.249 e. The average molecular weight is 421 g/mol.